The Labute approximate surface area is 101 Å². The van der Waals surface area contributed by atoms with Crippen molar-refractivity contribution in [2.45, 2.75) is 33.1 Å². The number of rotatable bonds is 3. The number of H-pyrrole nitrogens is 1. The van der Waals surface area contributed by atoms with Gasteiger partial charge in [-0.3, -0.25) is 4.79 Å². The van der Waals surface area contributed by atoms with Crippen molar-refractivity contribution in [2.24, 2.45) is 0 Å². The Kier molecular flexibility index (Phi) is 3.18. The molecule has 17 heavy (non-hydrogen) atoms. The van der Waals surface area contributed by atoms with Gasteiger partial charge in [0.2, 0.25) is 0 Å². The van der Waals surface area contributed by atoms with Gasteiger partial charge < -0.3 is 10.7 Å². The number of benzene rings is 1. The molecule has 0 saturated heterocycles. The van der Waals surface area contributed by atoms with Crippen molar-refractivity contribution in [3.8, 4) is 0 Å². The second-order valence-electron chi connectivity index (χ2n) is 4.50. The van der Waals surface area contributed by atoms with Crippen LogP contribution in [0.25, 0.3) is 10.9 Å². The molecule has 0 aliphatic heterocycles. The number of anilines is 1. The first kappa shape index (κ1) is 11.7. The molecule has 1 aromatic carbocycles. The van der Waals surface area contributed by atoms with Crippen LogP contribution in [0.4, 0.5) is 5.82 Å². The van der Waals surface area contributed by atoms with Gasteiger partial charge in [0.05, 0.1) is 5.52 Å². The summed E-state index contributed by atoms with van der Waals surface area (Å²) in [6, 6.07) is 5.80. The third-order valence-electron chi connectivity index (χ3n) is 3.07. The summed E-state index contributed by atoms with van der Waals surface area (Å²) in [6.45, 7) is 4.09. The Bertz CT molecular complexity index is 599. The molecule has 90 valence electrons. The van der Waals surface area contributed by atoms with Crippen molar-refractivity contribution >= 4 is 16.7 Å². The fraction of sp³-hybridized carbons (Fsp3) is 0.357. The van der Waals surface area contributed by atoms with E-state index in [2.05, 4.69) is 11.9 Å². The average molecular weight is 230 g/mol. The Morgan fingerprint density at radius 1 is 1.35 bits per heavy atom. The van der Waals surface area contributed by atoms with E-state index in [1.165, 1.54) is 0 Å². The van der Waals surface area contributed by atoms with E-state index in [0.29, 0.717) is 5.82 Å². The molecule has 3 nitrogen and oxygen atoms in total. The number of pyridine rings is 1. The highest BCUT2D eigenvalue weighted by Crippen LogP contribution is 2.16. The second-order valence-corrected chi connectivity index (χ2v) is 4.50. The molecular formula is C14H18N2O. The smallest absolute Gasteiger partial charge is 0.194 e. The number of fused-ring (bicyclic) bond motifs is 1. The molecule has 1 heterocycles. The summed E-state index contributed by atoms with van der Waals surface area (Å²) in [6.07, 6.45) is 2.80. The highest BCUT2D eigenvalue weighted by Gasteiger charge is 2.09. The predicted molar refractivity (Wildman–Crippen MR) is 72.3 cm³/mol. The first-order chi connectivity index (χ1) is 8.13. The molecule has 0 aliphatic carbocycles. The van der Waals surface area contributed by atoms with Crippen LogP contribution in [0.5, 0.6) is 0 Å². The molecule has 0 bridgehead atoms. The van der Waals surface area contributed by atoms with Crippen LogP contribution in [0.2, 0.25) is 0 Å². The van der Waals surface area contributed by atoms with Crippen LogP contribution < -0.4 is 11.2 Å². The lowest BCUT2D eigenvalue weighted by atomic mass is 10.0. The zero-order valence-electron chi connectivity index (χ0n) is 10.3. The van der Waals surface area contributed by atoms with Gasteiger partial charge in [0, 0.05) is 10.9 Å². The largest absolute Gasteiger partial charge is 0.385 e. The molecule has 0 atom stereocenters. The first-order valence-corrected chi connectivity index (χ1v) is 6.04. The molecule has 0 unspecified atom stereocenters. The number of aromatic nitrogens is 1. The first-order valence-electron chi connectivity index (χ1n) is 6.04. The lowest BCUT2D eigenvalue weighted by molar-refractivity contribution is 0.792. The Hall–Kier alpha value is -1.77. The summed E-state index contributed by atoms with van der Waals surface area (Å²) >= 11 is 0. The van der Waals surface area contributed by atoms with Crippen LogP contribution in [0.1, 0.15) is 30.9 Å². The molecule has 2 rings (SSSR count). The molecule has 0 spiro atoms. The van der Waals surface area contributed by atoms with Crippen molar-refractivity contribution < 1.29 is 0 Å². The van der Waals surface area contributed by atoms with Crippen LogP contribution in [0, 0.1) is 6.92 Å². The van der Waals surface area contributed by atoms with Crippen molar-refractivity contribution in [1.29, 1.82) is 0 Å². The van der Waals surface area contributed by atoms with E-state index in [1.54, 1.807) is 0 Å². The summed E-state index contributed by atoms with van der Waals surface area (Å²) < 4.78 is 0. The summed E-state index contributed by atoms with van der Waals surface area (Å²) in [5.74, 6) is 0.514. The van der Waals surface area contributed by atoms with E-state index >= 15 is 0 Å². The minimum atomic E-state index is 0.0772. The molecule has 0 amide bonds. The summed E-state index contributed by atoms with van der Waals surface area (Å²) in [7, 11) is 0. The maximum atomic E-state index is 12.3. The number of unbranched alkanes of at least 4 members (excludes halogenated alkanes) is 1. The van der Waals surface area contributed by atoms with Gasteiger partial charge in [-0.25, -0.2) is 0 Å². The van der Waals surface area contributed by atoms with E-state index in [9.17, 15) is 4.79 Å². The standard InChI is InChI=1S/C14H18N2O/c1-3-4-5-10-13(17)11-8-9(2)6-7-12(11)16-14(10)15/h6-8H,3-5H2,1-2H3,(H3,15,16,17). The van der Waals surface area contributed by atoms with Crippen LogP contribution >= 0.6 is 0 Å². The molecule has 2 aromatic rings. The molecule has 0 aliphatic rings. The van der Waals surface area contributed by atoms with Gasteiger partial charge in [-0.1, -0.05) is 25.0 Å². The average Bonchev–Trinajstić information content (AvgIpc) is 2.30. The topological polar surface area (TPSA) is 58.9 Å². The van der Waals surface area contributed by atoms with E-state index in [1.807, 2.05) is 25.1 Å². The summed E-state index contributed by atoms with van der Waals surface area (Å²) in [4.78, 5) is 15.4. The zero-order chi connectivity index (χ0) is 12.4. The molecule has 0 fully saturated rings. The van der Waals surface area contributed by atoms with Crippen LogP contribution in [0.3, 0.4) is 0 Å². The molecule has 0 radical (unpaired) electrons. The fourth-order valence-corrected chi connectivity index (χ4v) is 2.06. The molecular weight excluding hydrogens is 212 g/mol. The van der Waals surface area contributed by atoms with Crippen LogP contribution in [0.15, 0.2) is 23.0 Å². The number of nitrogen functional groups attached to an aromatic ring is 1. The van der Waals surface area contributed by atoms with Gasteiger partial charge in [-0.05, 0) is 31.9 Å². The van der Waals surface area contributed by atoms with Crippen molar-refractivity contribution in [1.82, 2.24) is 4.98 Å². The van der Waals surface area contributed by atoms with E-state index in [-0.39, 0.29) is 5.43 Å². The number of nitrogens with two attached hydrogens (primary N) is 1. The summed E-state index contributed by atoms with van der Waals surface area (Å²) in [5, 5.41) is 0.741. The zero-order valence-corrected chi connectivity index (χ0v) is 10.3. The quantitative estimate of drug-likeness (QED) is 0.851. The van der Waals surface area contributed by atoms with Crippen molar-refractivity contribution in [3.05, 3.63) is 39.5 Å². The van der Waals surface area contributed by atoms with E-state index in [4.69, 9.17) is 5.73 Å². The number of hydrogen-bond acceptors (Lipinski definition) is 2. The third-order valence-corrected chi connectivity index (χ3v) is 3.07. The van der Waals surface area contributed by atoms with Gasteiger partial charge in [0.15, 0.2) is 5.43 Å². The van der Waals surface area contributed by atoms with Gasteiger partial charge in [0.25, 0.3) is 0 Å². The van der Waals surface area contributed by atoms with E-state index < -0.39 is 0 Å². The number of aryl methyl sites for hydroxylation is 1. The van der Waals surface area contributed by atoms with Crippen LogP contribution in [-0.2, 0) is 6.42 Å². The molecule has 0 saturated carbocycles. The van der Waals surface area contributed by atoms with Crippen molar-refractivity contribution in [3.63, 3.8) is 0 Å². The minimum absolute atomic E-state index is 0.0772. The number of aromatic amines is 1. The Morgan fingerprint density at radius 2 is 2.12 bits per heavy atom. The molecule has 3 heteroatoms. The lowest BCUT2D eigenvalue weighted by Crippen LogP contribution is -2.14. The van der Waals surface area contributed by atoms with Gasteiger partial charge >= 0.3 is 0 Å². The Balaban J connectivity index is 2.65. The van der Waals surface area contributed by atoms with E-state index in [0.717, 1.165) is 41.3 Å². The van der Waals surface area contributed by atoms with Gasteiger partial charge in [0.1, 0.15) is 5.82 Å². The van der Waals surface area contributed by atoms with Gasteiger partial charge in [-0.15, -0.1) is 0 Å². The highest BCUT2D eigenvalue weighted by atomic mass is 16.1. The highest BCUT2D eigenvalue weighted by molar-refractivity contribution is 5.81. The maximum absolute atomic E-state index is 12.3. The predicted octanol–water partition coefficient (Wildman–Crippen LogP) is 2.76. The third kappa shape index (κ3) is 2.18. The molecule has 3 N–H and O–H groups in total. The number of hydrogen-bond donors (Lipinski definition) is 2. The SMILES string of the molecule is CCCCc1c(N)[nH]c2ccc(C)cc2c1=O. The van der Waals surface area contributed by atoms with Gasteiger partial charge in [-0.2, -0.15) is 0 Å². The minimum Gasteiger partial charge on any atom is -0.385 e. The fourth-order valence-electron chi connectivity index (χ4n) is 2.06. The maximum Gasteiger partial charge on any atom is 0.194 e. The molecule has 1 aromatic heterocycles. The monoisotopic (exact) mass is 230 g/mol. The number of nitrogens with one attached hydrogen (secondary N) is 1. The van der Waals surface area contributed by atoms with Crippen molar-refractivity contribution in [2.75, 3.05) is 5.73 Å². The summed E-state index contributed by atoms with van der Waals surface area (Å²) in [5.41, 5.74) is 8.62. The second kappa shape index (κ2) is 4.62. The van der Waals surface area contributed by atoms with Crippen LogP contribution in [-0.4, -0.2) is 4.98 Å². The Morgan fingerprint density at radius 3 is 2.82 bits per heavy atom. The lowest BCUT2D eigenvalue weighted by Gasteiger charge is -2.07. The normalized spacial score (nSPS) is 10.9.